The van der Waals surface area contributed by atoms with Gasteiger partial charge in [-0.05, 0) is 35.9 Å². The van der Waals surface area contributed by atoms with Crippen LogP contribution in [0.15, 0.2) is 42.5 Å². The van der Waals surface area contributed by atoms with Crippen LogP contribution in [0.3, 0.4) is 0 Å². The molecule has 0 saturated carbocycles. The van der Waals surface area contributed by atoms with Crippen molar-refractivity contribution in [3.8, 4) is 11.8 Å². The lowest BCUT2D eigenvalue weighted by Gasteiger charge is -2.20. The van der Waals surface area contributed by atoms with E-state index in [1.54, 1.807) is 30.3 Å². The number of rotatable bonds is 4. The highest BCUT2D eigenvalue weighted by Crippen LogP contribution is 2.36. The third-order valence-electron chi connectivity index (χ3n) is 4.03. The van der Waals surface area contributed by atoms with Gasteiger partial charge in [0, 0.05) is 17.7 Å². The predicted molar refractivity (Wildman–Crippen MR) is 84.6 cm³/mol. The second-order valence-corrected chi connectivity index (χ2v) is 5.42. The lowest BCUT2D eigenvalue weighted by molar-refractivity contribution is 0.0694. The van der Waals surface area contributed by atoms with Crippen LogP contribution in [0, 0.1) is 11.3 Å². The van der Waals surface area contributed by atoms with Crippen molar-refractivity contribution in [2.45, 2.75) is 12.6 Å². The molecule has 1 atom stereocenters. The average molecular weight is 322 g/mol. The van der Waals surface area contributed by atoms with E-state index in [9.17, 15) is 14.9 Å². The van der Waals surface area contributed by atoms with Crippen LogP contribution in [0.5, 0.6) is 5.75 Å². The number of fused-ring (bicyclic) bond motifs is 1. The van der Waals surface area contributed by atoms with Gasteiger partial charge in [0.05, 0.1) is 18.7 Å². The number of nitrogens with zero attached hydrogens (tertiary/aromatic N) is 2. The van der Waals surface area contributed by atoms with E-state index in [0.29, 0.717) is 16.9 Å². The number of carboxylic acids is 1. The van der Waals surface area contributed by atoms with Crippen molar-refractivity contribution in [1.29, 1.82) is 5.26 Å². The Morgan fingerprint density at radius 1 is 1.29 bits per heavy atom. The smallest absolute Gasteiger partial charge is 0.335 e. The molecule has 2 aromatic carbocycles. The third kappa shape index (κ3) is 2.57. The van der Waals surface area contributed by atoms with Gasteiger partial charge in [-0.3, -0.25) is 4.79 Å². The molecular formula is C18H14N2O4. The maximum Gasteiger partial charge on any atom is 0.335 e. The molecule has 1 aliphatic heterocycles. The first-order valence-corrected chi connectivity index (χ1v) is 7.26. The van der Waals surface area contributed by atoms with Gasteiger partial charge < -0.3 is 14.7 Å². The van der Waals surface area contributed by atoms with Gasteiger partial charge in [0.25, 0.3) is 5.91 Å². The van der Waals surface area contributed by atoms with E-state index in [1.807, 2.05) is 0 Å². The van der Waals surface area contributed by atoms with Crippen LogP contribution in [-0.4, -0.2) is 29.0 Å². The van der Waals surface area contributed by atoms with Crippen LogP contribution >= 0.6 is 0 Å². The molecule has 0 fully saturated rings. The number of carbonyl (C=O) groups excluding carboxylic acids is 1. The Hall–Kier alpha value is -3.33. The maximum absolute atomic E-state index is 12.6. The minimum atomic E-state index is -1.01. The van der Waals surface area contributed by atoms with Crippen LogP contribution in [-0.2, 0) is 6.54 Å². The number of amides is 1. The summed E-state index contributed by atoms with van der Waals surface area (Å²) in [4.78, 5) is 25.0. The summed E-state index contributed by atoms with van der Waals surface area (Å²) in [6.07, 6.45) is 0. The van der Waals surface area contributed by atoms with E-state index in [2.05, 4.69) is 6.07 Å². The molecular weight excluding hydrogens is 308 g/mol. The first-order valence-electron chi connectivity index (χ1n) is 7.26. The zero-order valence-electron chi connectivity index (χ0n) is 12.9. The topological polar surface area (TPSA) is 90.6 Å². The van der Waals surface area contributed by atoms with Gasteiger partial charge in [-0.15, -0.1) is 0 Å². The molecule has 0 aliphatic carbocycles. The van der Waals surface area contributed by atoms with E-state index in [-0.39, 0.29) is 18.0 Å². The van der Waals surface area contributed by atoms with Crippen molar-refractivity contribution in [2.75, 3.05) is 7.11 Å². The summed E-state index contributed by atoms with van der Waals surface area (Å²) in [5.41, 5.74) is 2.05. The molecule has 0 saturated heterocycles. The molecule has 1 N–H and O–H groups in total. The number of aromatic carboxylic acids is 1. The molecule has 0 spiro atoms. The van der Waals surface area contributed by atoms with Crippen molar-refractivity contribution >= 4 is 11.9 Å². The number of ether oxygens (including phenoxy) is 1. The van der Waals surface area contributed by atoms with Gasteiger partial charge in [-0.1, -0.05) is 12.1 Å². The number of nitriles is 1. The van der Waals surface area contributed by atoms with E-state index >= 15 is 0 Å². The average Bonchev–Trinajstić information content (AvgIpc) is 2.86. The fourth-order valence-corrected chi connectivity index (χ4v) is 2.78. The second kappa shape index (κ2) is 6.05. The summed E-state index contributed by atoms with van der Waals surface area (Å²) >= 11 is 0. The van der Waals surface area contributed by atoms with Gasteiger partial charge in [-0.25, -0.2) is 4.79 Å². The Bertz CT molecular complexity index is 852. The zero-order chi connectivity index (χ0) is 17.3. The highest BCUT2D eigenvalue weighted by molar-refractivity contribution is 5.99. The minimum Gasteiger partial charge on any atom is -0.497 e. The normalized spacial score (nSPS) is 15.8. The number of carboxylic acid groups (broad SMARTS) is 1. The summed E-state index contributed by atoms with van der Waals surface area (Å²) in [7, 11) is 1.53. The molecule has 120 valence electrons. The van der Waals surface area contributed by atoms with Gasteiger partial charge in [-0.2, -0.15) is 5.26 Å². The Balaban J connectivity index is 1.90. The molecule has 0 radical (unpaired) electrons. The van der Waals surface area contributed by atoms with E-state index in [4.69, 9.17) is 9.84 Å². The SMILES string of the molecule is COc1ccc2c(c1)C(C#N)N(Cc1ccc(C(=O)O)cc1)C2=O. The summed E-state index contributed by atoms with van der Waals surface area (Å²) < 4.78 is 5.16. The van der Waals surface area contributed by atoms with Crippen molar-refractivity contribution in [1.82, 2.24) is 4.90 Å². The quantitative estimate of drug-likeness (QED) is 0.934. The predicted octanol–water partition coefficient (Wildman–Crippen LogP) is 2.61. The third-order valence-corrected chi connectivity index (χ3v) is 4.03. The van der Waals surface area contributed by atoms with Gasteiger partial charge in [0.2, 0.25) is 0 Å². The van der Waals surface area contributed by atoms with E-state index in [0.717, 1.165) is 5.56 Å². The number of benzene rings is 2. The molecule has 1 heterocycles. The number of carbonyl (C=O) groups is 2. The van der Waals surface area contributed by atoms with E-state index in [1.165, 1.54) is 24.1 Å². The molecule has 6 heteroatoms. The standard InChI is InChI=1S/C18H14N2O4/c1-24-13-6-7-14-15(8-13)16(9-19)20(17(14)21)10-11-2-4-12(5-3-11)18(22)23/h2-8,16H,10H2,1H3,(H,22,23). The fraction of sp³-hybridized carbons (Fsp3) is 0.167. The van der Waals surface area contributed by atoms with Crippen molar-refractivity contribution in [3.05, 3.63) is 64.7 Å². The lowest BCUT2D eigenvalue weighted by Crippen LogP contribution is -2.26. The molecule has 3 rings (SSSR count). The molecule has 6 nitrogen and oxygen atoms in total. The number of hydrogen-bond donors (Lipinski definition) is 1. The molecule has 0 aromatic heterocycles. The highest BCUT2D eigenvalue weighted by atomic mass is 16.5. The van der Waals surface area contributed by atoms with Gasteiger partial charge in [0.1, 0.15) is 11.8 Å². The Morgan fingerprint density at radius 3 is 2.58 bits per heavy atom. The monoisotopic (exact) mass is 322 g/mol. The van der Waals surface area contributed by atoms with Crippen LogP contribution in [0.1, 0.15) is 37.9 Å². The van der Waals surface area contributed by atoms with Crippen LogP contribution < -0.4 is 4.74 Å². The second-order valence-electron chi connectivity index (χ2n) is 5.42. The number of methoxy groups -OCH3 is 1. The molecule has 0 bridgehead atoms. The largest absolute Gasteiger partial charge is 0.497 e. The molecule has 1 unspecified atom stereocenters. The zero-order valence-corrected chi connectivity index (χ0v) is 12.9. The van der Waals surface area contributed by atoms with Crippen molar-refractivity contribution < 1.29 is 19.4 Å². The molecule has 1 aliphatic rings. The minimum absolute atomic E-state index is 0.177. The molecule has 24 heavy (non-hydrogen) atoms. The summed E-state index contributed by atoms with van der Waals surface area (Å²) in [5, 5.41) is 18.4. The summed E-state index contributed by atoms with van der Waals surface area (Å²) in [5.74, 6) is -0.635. The first kappa shape index (κ1) is 15.6. The van der Waals surface area contributed by atoms with Crippen molar-refractivity contribution in [3.63, 3.8) is 0 Å². The Kier molecular flexibility index (Phi) is 3.92. The fourth-order valence-electron chi connectivity index (χ4n) is 2.78. The molecule has 2 aromatic rings. The maximum atomic E-state index is 12.6. The van der Waals surface area contributed by atoms with Crippen LogP contribution in [0.2, 0.25) is 0 Å². The van der Waals surface area contributed by atoms with Crippen LogP contribution in [0.25, 0.3) is 0 Å². The number of hydrogen-bond acceptors (Lipinski definition) is 4. The summed E-state index contributed by atoms with van der Waals surface area (Å²) in [6, 6.07) is 12.8. The Morgan fingerprint density at radius 2 is 2.00 bits per heavy atom. The van der Waals surface area contributed by atoms with Crippen LogP contribution in [0.4, 0.5) is 0 Å². The summed E-state index contributed by atoms with van der Waals surface area (Å²) in [6.45, 7) is 0.230. The van der Waals surface area contributed by atoms with Gasteiger partial charge >= 0.3 is 5.97 Å². The Labute approximate surface area is 138 Å². The lowest BCUT2D eigenvalue weighted by atomic mass is 10.1. The van der Waals surface area contributed by atoms with Gasteiger partial charge in [0.15, 0.2) is 0 Å². The van der Waals surface area contributed by atoms with Crippen molar-refractivity contribution in [2.24, 2.45) is 0 Å². The highest BCUT2D eigenvalue weighted by Gasteiger charge is 2.37. The molecule has 1 amide bonds. The van der Waals surface area contributed by atoms with E-state index < -0.39 is 12.0 Å². The first-order chi connectivity index (χ1) is 11.5.